The van der Waals surface area contributed by atoms with Gasteiger partial charge in [0, 0.05) is 42.1 Å². The minimum Gasteiger partial charge on any atom is -0.741 e. The zero-order chi connectivity index (χ0) is 22.8. The molecular formula is C23H30CuN6S2. The standard InChI is InChI=1S/C23H32N6S2.Cu/c1-6-28(7-2)22(30)26-24-17(5)21(25-27-23(31)29(8-3)9-4)20-16-12-14-18-13-10-11-15-19(18)20;/h10-16H,6-9H2,1-5H3,(H,26,30)(H,27,31);/q;+2/p-2. The molecule has 0 aliphatic carbocycles. The predicted molar refractivity (Wildman–Crippen MR) is 139 cm³/mol. The fourth-order valence-electron chi connectivity index (χ4n) is 3.13. The first-order chi connectivity index (χ1) is 15.0. The molecule has 0 aliphatic rings. The number of amidine groups is 2. The normalized spacial score (nSPS) is 13.2. The van der Waals surface area contributed by atoms with Gasteiger partial charge in [-0.1, -0.05) is 42.5 Å². The zero-order valence-electron chi connectivity index (χ0n) is 19.2. The molecule has 0 spiro atoms. The largest absolute Gasteiger partial charge is 2.00 e. The van der Waals surface area contributed by atoms with Gasteiger partial charge >= 0.3 is 17.1 Å². The first kappa shape index (κ1) is 28.0. The van der Waals surface area contributed by atoms with Gasteiger partial charge in [0.1, 0.15) is 5.71 Å². The van der Waals surface area contributed by atoms with Crippen molar-refractivity contribution >= 4 is 57.8 Å². The van der Waals surface area contributed by atoms with Gasteiger partial charge in [-0.25, -0.2) is 0 Å². The summed E-state index contributed by atoms with van der Waals surface area (Å²) in [6, 6.07) is 14.2. The van der Waals surface area contributed by atoms with Crippen molar-refractivity contribution in [2.45, 2.75) is 34.6 Å². The van der Waals surface area contributed by atoms with E-state index in [2.05, 4.69) is 38.6 Å². The van der Waals surface area contributed by atoms with E-state index in [0.29, 0.717) is 21.8 Å². The van der Waals surface area contributed by atoms with Crippen LogP contribution in [0.2, 0.25) is 0 Å². The van der Waals surface area contributed by atoms with E-state index in [1.54, 1.807) is 0 Å². The van der Waals surface area contributed by atoms with Crippen LogP contribution >= 0.6 is 0 Å². The van der Waals surface area contributed by atoms with E-state index in [9.17, 15) is 0 Å². The van der Waals surface area contributed by atoms with E-state index in [0.717, 1.165) is 42.5 Å². The number of rotatable bonds is 8. The van der Waals surface area contributed by atoms with Gasteiger partial charge in [-0.3, -0.25) is 0 Å². The van der Waals surface area contributed by atoms with Crippen LogP contribution in [0, 0.1) is 0 Å². The van der Waals surface area contributed by atoms with E-state index >= 15 is 0 Å². The topological polar surface area (TPSA) is 55.9 Å². The molecule has 0 N–H and O–H groups in total. The summed E-state index contributed by atoms with van der Waals surface area (Å²) in [7, 11) is 0. The number of benzene rings is 2. The minimum atomic E-state index is 0. The molecule has 0 fully saturated rings. The van der Waals surface area contributed by atoms with Gasteiger partial charge in [0.2, 0.25) is 0 Å². The fraction of sp³-hybridized carbons (Fsp3) is 0.391. The van der Waals surface area contributed by atoms with Crippen LogP contribution in [0.5, 0.6) is 0 Å². The Balaban J connectivity index is 0.00000512. The Bertz CT molecular complexity index is 990. The molecule has 0 amide bonds. The monoisotopic (exact) mass is 517 g/mol. The SMILES string of the molecule is CCN(CC)C([S-])=NN=C(C)C(=NN=C([S-])N(CC)CC)c1cccc2ccccc12.[Cu+2]. The van der Waals surface area contributed by atoms with Gasteiger partial charge in [-0.2, -0.15) is 15.3 Å². The number of hydrogen-bond acceptors (Lipinski definition) is 6. The van der Waals surface area contributed by atoms with Crippen molar-refractivity contribution in [3.05, 3.63) is 48.0 Å². The van der Waals surface area contributed by atoms with Crippen molar-refractivity contribution in [2.75, 3.05) is 26.2 Å². The molecule has 2 rings (SSSR count). The summed E-state index contributed by atoms with van der Waals surface area (Å²) in [5.41, 5.74) is 2.17. The minimum absolute atomic E-state index is 0. The van der Waals surface area contributed by atoms with Crippen molar-refractivity contribution in [3.8, 4) is 0 Å². The third-order valence-corrected chi connectivity index (χ3v) is 5.66. The maximum atomic E-state index is 5.46. The second-order valence-electron chi connectivity index (χ2n) is 6.77. The van der Waals surface area contributed by atoms with Crippen molar-refractivity contribution in [2.24, 2.45) is 20.4 Å². The molecule has 1 radical (unpaired) electrons. The summed E-state index contributed by atoms with van der Waals surface area (Å²) in [5, 5.41) is 20.6. The zero-order valence-corrected chi connectivity index (χ0v) is 21.7. The summed E-state index contributed by atoms with van der Waals surface area (Å²) < 4.78 is 0. The van der Waals surface area contributed by atoms with Crippen LogP contribution in [0.15, 0.2) is 62.9 Å². The van der Waals surface area contributed by atoms with E-state index in [-0.39, 0.29) is 17.1 Å². The predicted octanol–water partition coefficient (Wildman–Crippen LogP) is 4.41. The maximum Gasteiger partial charge on any atom is 2.00 e. The average molecular weight is 518 g/mol. The molecule has 2 aromatic rings. The summed E-state index contributed by atoms with van der Waals surface area (Å²) >= 11 is 10.9. The van der Waals surface area contributed by atoms with Crippen LogP contribution in [0.4, 0.5) is 0 Å². The van der Waals surface area contributed by atoms with Crippen LogP contribution in [0.1, 0.15) is 40.2 Å². The van der Waals surface area contributed by atoms with Crippen molar-refractivity contribution < 1.29 is 17.1 Å². The molecule has 0 bridgehead atoms. The Kier molecular flexibility index (Phi) is 12.4. The quantitative estimate of drug-likeness (QED) is 0.171. The van der Waals surface area contributed by atoms with E-state index in [1.807, 2.05) is 68.7 Å². The molecule has 32 heavy (non-hydrogen) atoms. The van der Waals surface area contributed by atoms with E-state index in [4.69, 9.17) is 25.3 Å². The third kappa shape index (κ3) is 7.23. The molecule has 0 saturated heterocycles. The Hall–Kier alpha value is -2.06. The van der Waals surface area contributed by atoms with Crippen LogP contribution in [0.3, 0.4) is 0 Å². The van der Waals surface area contributed by atoms with Crippen LogP contribution in [0.25, 0.3) is 10.8 Å². The van der Waals surface area contributed by atoms with E-state index in [1.165, 1.54) is 0 Å². The smallest absolute Gasteiger partial charge is 0.741 e. The molecule has 0 saturated carbocycles. The summed E-state index contributed by atoms with van der Waals surface area (Å²) in [6.07, 6.45) is 0. The molecular weight excluding hydrogens is 488 g/mol. The molecule has 9 heteroatoms. The number of nitrogens with zero attached hydrogens (tertiary/aromatic N) is 6. The number of hydrogen-bond donors (Lipinski definition) is 0. The molecule has 2 aromatic carbocycles. The van der Waals surface area contributed by atoms with Gasteiger partial charge in [0.15, 0.2) is 0 Å². The second kappa shape index (κ2) is 14.2. The molecule has 0 heterocycles. The summed E-state index contributed by atoms with van der Waals surface area (Å²) in [5.74, 6) is 0. The summed E-state index contributed by atoms with van der Waals surface area (Å²) in [4.78, 5) is 3.95. The van der Waals surface area contributed by atoms with E-state index < -0.39 is 0 Å². The van der Waals surface area contributed by atoms with Crippen LogP contribution < -0.4 is 0 Å². The Morgan fingerprint density at radius 1 is 0.719 bits per heavy atom. The molecule has 0 aliphatic heterocycles. The summed E-state index contributed by atoms with van der Waals surface area (Å²) in [6.45, 7) is 13.1. The van der Waals surface area contributed by atoms with Crippen LogP contribution in [-0.2, 0) is 42.3 Å². The van der Waals surface area contributed by atoms with Gasteiger partial charge in [0.25, 0.3) is 0 Å². The number of fused-ring (bicyclic) bond motifs is 1. The van der Waals surface area contributed by atoms with Crippen molar-refractivity contribution in [1.29, 1.82) is 0 Å². The Morgan fingerprint density at radius 2 is 1.22 bits per heavy atom. The van der Waals surface area contributed by atoms with Gasteiger partial charge in [-0.05, 0) is 45.4 Å². The van der Waals surface area contributed by atoms with Crippen molar-refractivity contribution in [1.82, 2.24) is 9.80 Å². The Morgan fingerprint density at radius 3 is 1.78 bits per heavy atom. The first-order valence-corrected chi connectivity index (χ1v) is 11.4. The second-order valence-corrected chi connectivity index (χ2v) is 7.50. The van der Waals surface area contributed by atoms with Crippen LogP contribution in [-0.4, -0.2) is 57.7 Å². The maximum absolute atomic E-state index is 5.46. The van der Waals surface area contributed by atoms with Gasteiger partial charge in [-0.15, -0.1) is 5.10 Å². The van der Waals surface area contributed by atoms with Gasteiger partial charge < -0.3 is 35.1 Å². The van der Waals surface area contributed by atoms with Crippen molar-refractivity contribution in [3.63, 3.8) is 0 Å². The average Bonchev–Trinajstić information content (AvgIpc) is 2.79. The Labute approximate surface area is 213 Å². The molecule has 0 unspecified atom stereocenters. The molecule has 175 valence electrons. The molecule has 0 aromatic heterocycles. The third-order valence-electron chi connectivity index (χ3n) is 4.98. The van der Waals surface area contributed by atoms with Gasteiger partial charge in [0.05, 0.1) is 5.71 Å². The fourth-order valence-corrected chi connectivity index (χ4v) is 3.72. The molecule has 0 atom stereocenters. The first-order valence-electron chi connectivity index (χ1n) is 10.6. The molecule has 6 nitrogen and oxygen atoms in total.